The number of phenols is 1. The largest absolute Gasteiger partial charge is 0.508 e. The molecular weight excluding hydrogens is 242 g/mol. The van der Waals surface area contributed by atoms with Crippen LogP contribution in [-0.2, 0) is 4.79 Å². The molecule has 0 bridgehead atoms. The van der Waals surface area contributed by atoms with Crippen molar-refractivity contribution >= 4 is 11.6 Å². The van der Waals surface area contributed by atoms with Gasteiger partial charge in [-0.15, -0.1) is 0 Å². The van der Waals surface area contributed by atoms with Crippen LogP contribution in [0.1, 0.15) is 12.8 Å². The van der Waals surface area contributed by atoms with Gasteiger partial charge in [0.15, 0.2) is 0 Å². The number of phenolic OH excluding ortho intramolecular Hbond substituents is 1. The minimum Gasteiger partial charge on any atom is -0.508 e. The molecule has 3 N–H and O–H groups in total. The van der Waals surface area contributed by atoms with Gasteiger partial charge < -0.3 is 20.6 Å². The van der Waals surface area contributed by atoms with Crippen LogP contribution in [0.3, 0.4) is 0 Å². The lowest BCUT2D eigenvalue weighted by molar-refractivity contribution is -0.133. The van der Waals surface area contributed by atoms with E-state index >= 15 is 0 Å². The van der Waals surface area contributed by atoms with Gasteiger partial charge in [-0.2, -0.15) is 0 Å². The molecule has 1 aliphatic heterocycles. The van der Waals surface area contributed by atoms with E-state index < -0.39 is 5.54 Å². The molecule has 19 heavy (non-hydrogen) atoms. The first-order valence-corrected chi connectivity index (χ1v) is 6.71. The number of anilines is 1. The van der Waals surface area contributed by atoms with Crippen LogP contribution in [0.15, 0.2) is 24.3 Å². The van der Waals surface area contributed by atoms with Crippen LogP contribution in [0, 0.1) is 0 Å². The Labute approximate surface area is 112 Å². The third kappa shape index (κ3) is 2.38. The third-order valence-electron chi connectivity index (χ3n) is 4.00. The fraction of sp³-hybridized carbons (Fsp3) is 0.500. The van der Waals surface area contributed by atoms with Gasteiger partial charge in [-0.3, -0.25) is 4.79 Å². The first kappa shape index (κ1) is 12.3. The Kier molecular flexibility index (Phi) is 2.86. The van der Waals surface area contributed by atoms with Crippen molar-refractivity contribution in [1.29, 1.82) is 0 Å². The van der Waals surface area contributed by atoms with Crippen molar-refractivity contribution in [2.24, 2.45) is 5.73 Å². The number of nitrogens with zero attached hydrogens (tertiary/aromatic N) is 2. The summed E-state index contributed by atoms with van der Waals surface area (Å²) < 4.78 is 0. The van der Waals surface area contributed by atoms with Crippen molar-refractivity contribution in [2.75, 3.05) is 31.1 Å². The first-order chi connectivity index (χ1) is 9.08. The lowest BCUT2D eigenvalue weighted by atomic mass is 10.2. The van der Waals surface area contributed by atoms with Crippen molar-refractivity contribution in [2.45, 2.75) is 18.4 Å². The number of nitrogens with two attached hydrogens (primary N) is 1. The lowest BCUT2D eigenvalue weighted by Gasteiger charge is -2.37. The fourth-order valence-electron chi connectivity index (χ4n) is 2.49. The zero-order valence-corrected chi connectivity index (χ0v) is 10.9. The van der Waals surface area contributed by atoms with E-state index in [1.54, 1.807) is 12.1 Å². The van der Waals surface area contributed by atoms with Crippen LogP contribution in [0.25, 0.3) is 0 Å². The normalized spacial score (nSPS) is 21.3. The number of amides is 1. The molecule has 0 radical (unpaired) electrons. The third-order valence-corrected chi connectivity index (χ3v) is 4.00. The van der Waals surface area contributed by atoms with Gasteiger partial charge in [0.1, 0.15) is 5.75 Å². The van der Waals surface area contributed by atoms with Gasteiger partial charge in [-0.25, -0.2) is 0 Å². The summed E-state index contributed by atoms with van der Waals surface area (Å²) in [6, 6.07) is 7.17. The Hall–Kier alpha value is -1.75. The van der Waals surface area contributed by atoms with E-state index in [-0.39, 0.29) is 11.7 Å². The van der Waals surface area contributed by atoms with Crippen LogP contribution in [0.2, 0.25) is 0 Å². The Bertz CT molecular complexity index is 474. The van der Waals surface area contributed by atoms with Crippen LogP contribution in [-0.4, -0.2) is 47.6 Å². The number of hydrogen-bond acceptors (Lipinski definition) is 4. The predicted octanol–water partition coefficient (Wildman–Crippen LogP) is 0.532. The van der Waals surface area contributed by atoms with Gasteiger partial charge in [0, 0.05) is 31.9 Å². The summed E-state index contributed by atoms with van der Waals surface area (Å²) in [6.45, 7) is 3.07. The number of hydrogen-bond donors (Lipinski definition) is 2. The molecule has 0 unspecified atom stereocenters. The Balaban J connectivity index is 1.60. The molecule has 1 aromatic rings. The fourth-order valence-corrected chi connectivity index (χ4v) is 2.49. The number of rotatable bonds is 2. The molecule has 2 fully saturated rings. The number of benzene rings is 1. The minimum atomic E-state index is -0.555. The molecule has 1 aromatic carbocycles. The van der Waals surface area contributed by atoms with E-state index in [2.05, 4.69) is 4.90 Å². The highest BCUT2D eigenvalue weighted by molar-refractivity contribution is 5.89. The SMILES string of the molecule is NC1(C(=O)N2CCN(c3ccc(O)cc3)CC2)CC1. The van der Waals surface area contributed by atoms with Gasteiger partial charge in [-0.05, 0) is 37.1 Å². The monoisotopic (exact) mass is 261 g/mol. The van der Waals surface area contributed by atoms with E-state index in [0.29, 0.717) is 0 Å². The predicted molar refractivity (Wildman–Crippen MR) is 73.1 cm³/mol. The molecule has 2 aliphatic rings. The van der Waals surface area contributed by atoms with E-state index in [0.717, 1.165) is 44.7 Å². The molecular formula is C14H19N3O2. The number of carbonyl (C=O) groups excluding carboxylic acids is 1. The molecule has 102 valence electrons. The minimum absolute atomic E-state index is 0.109. The van der Waals surface area contributed by atoms with Crippen LogP contribution in [0.5, 0.6) is 5.75 Å². The zero-order valence-electron chi connectivity index (χ0n) is 10.9. The molecule has 1 amide bonds. The van der Waals surface area contributed by atoms with Gasteiger partial charge in [0.25, 0.3) is 0 Å². The van der Waals surface area contributed by atoms with E-state index in [9.17, 15) is 9.90 Å². The van der Waals surface area contributed by atoms with Gasteiger partial charge in [-0.1, -0.05) is 0 Å². The Morgan fingerprint density at radius 1 is 1.11 bits per heavy atom. The average molecular weight is 261 g/mol. The highest BCUT2D eigenvalue weighted by Gasteiger charge is 2.48. The summed E-state index contributed by atoms with van der Waals surface area (Å²) in [5.41, 5.74) is 6.48. The van der Waals surface area contributed by atoms with Gasteiger partial charge in [0.2, 0.25) is 5.91 Å². The van der Waals surface area contributed by atoms with Gasteiger partial charge in [0.05, 0.1) is 5.54 Å². The van der Waals surface area contributed by atoms with Gasteiger partial charge >= 0.3 is 0 Å². The molecule has 1 saturated heterocycles. The van der Waals surface area contributed by atoms with E-state index in [4.69, 9.17) is 5.73 Å². The molecule has 1 aliphatic carbocycles. The van der Waals surface area contributed by atoms with Crippen molar-refractivity contribution < 1.29 is 9.90 Å². The average Bonchev–Trinajstić information content (AvgIpc) is 3.18. The Morgan fingerprint density at radius 3 is 2.21 bits per heavy atom. The summed E-state index contributed by atoms with van der Waals surface area (Å²) >= 11 is 0. The van der Waals surface area contributed by atoms with Crippen LogP contribution < -0.4 is 10.6 Å². The maximum Gasteiger partial charge on any atom is 0.242 e. The lowest BCUT2D eigenvalue weighted by Crippen LogP contribution is -2.54. The second-order valence-electron chi connectivity index (χ2n) is 5.45. The van der Waals surface area contributed by atoms with Crippen molar-refractivity contribution in [3.05, 3.63) is 24.3 Å². The van der Waals surface area contributed by atoms with Crippen LogP contribution in [0.4, 0.5) is 5.69 Å². The zero-order chi connectivity index (χ0) is 13.5. The molecule has 1 saturated carbocycles. The van der Waals surface area contributed by atoms with E-state index in [1.165, 1.54) is 0 Å². The number of piperazine rings is 1. The second-order valence-corrected chi connectivity index (χ2v) is 5.45. The maximum absolute atomic E-state index is 12.1. The molecule has 5 nitrogen and oxygen atoms in total. The highest BCUT2D eigenvalue weighted by Crippen LogP contribution is 2.34. The Morgan fingerprint density at radius 2 is 1.68 bits per heavy atom. The maximum atomic E-state index is 12.1. The molecule has 0 atom stereocenters. The quantitative estimate of drug-likeness (QED) is 0.815. The molecule has 0 aromatic heterocycles. The summed E-state index contributed by atoms with van der Waals surface area (Å²) in [6.07, 6.45) is 1.65. The van der Waals surface area contributed by atoms with E-state index in [1.807, 2.05) is 17.0 Å². The summed E-state index contributed by atoms with van der Waals surface area (Å²) in [4.78, 5) is 16.2. The number of carbonyl (C=O) groups is 1. The topological polar surface area (TPSA) is 69.8 Å². The molecule has 1 heterocycles. The highest BCUT2D eigenvalue weighted by atomic mass is 16.3. The molecule has 3 rings (SSSR count). The molecule has 5 heteroatoms. The molecule has 0 spiro atoms. The van der Waals surface area contributed by atoms with Crippen molar-refractivity contribution in [3.8, 4) is 5.75 Å². The summed E-state index contributed by atoms with van der Waals surface area (Å²) in [5, 5.41) is 9.28. The summed E-state index contributed by atoms with van der Waals surface area (Å²) in [5.74, 6) is 0.384. The second kappa shape index (κ2) is 4.42. The standard InChI is InChI=1S/C14H19N3O2/c15-14(5-6-14)13(19)17-9-7-16(8-10-17)11-1-3-12(18)4-2-11/h1-4,18H,5-10,15H2. The van der Waals surface area contributed by atoms with Crippen molar-refractivity contribution in [3.63, 3.8) is 0 Å². The first-order valence-electron chi connectivity index (χ1n) is 6.71. The van der Waals surface area contributed by atoms with Crippen molar-refractivity contribution in [1.82, 2.24) is 4.90 Å². The number of aromatic hydroxyl groups is 1. The smallest absolute Gasteiger partial charge is 0.242 e. The van der Waals surface area contributed by atoms with Crippen LogP contribution >= 0.6 is 0 Å². The summed E-state index contributed by atoms with van der Waals surface area (Å²) in [7, 11) is 0.